The van der Waals surface area contributed by atoms with Gasteiger partial charge in [-0.1, -0.05) is 6.42 Å². The summed E-state index contributed by atoms with van der Waals surface area (Å²) in [6.07, 6.45) is 7.27. The van der Waals surface area contributed by atoms with Crippen molar-refractivity contribution in [1.29, 1.82) is 0 Å². The lowest BCUT2D eigenvalue weighted by Gasteiger charge is -2.32. The van der Waals surface area contributed by atoms with E-state index in [0.29, 0.717) is 31.7 Å². The molecule has 3 fully saturated rings. The first-order chi connectivity index (χ1) is 10.1. The summed E-state index contributed by atoms with van der Waals surface area (Å²) in [5, 5.41) is 3.04. The van der Waals surface area contributed by atoms with Gasteiger partial charge in [0, 0.05) is 31.7 Å². The van der Waals surface area contributed by atoms with E-state index in [0.717, 1.165) is 19.5 Å². The van der Waals surface area contributed by atoms with Gasteiger partial charge in [-0.05, 0) is 52.1 Å². The Bertz CT molecular complexity index is 444. The number of nitrogens with zero attached hydrogens (tertiary/aromatic N) is 2. The van der Waals surface area contributed by atoms with Crippen LogP contribution in [0, 0.1) is 0 Å². The molecule has 3 rings (SSSR count). The Morgan fingerprint density at radius 1 is 1.10 bits per heavy atom. The second-order valence-electron chi connectivity index (χ2n) is 6.94. The zero-order valence-electron chi connectivity index (χ0n) is 13.1. The number of nitrogens with one attached hydrogen (secondary N) is 1. The highest BCUT2D eigenvalue weighted by molar-refractivity contribution is 7.89. The van der Waals surface area contributed by atoms with Crippen LogP contribution >= 0.6 is 0 Å². The molecule has 2 unspecified atom stereocenters. The lowest BCUT2D eigenvalue weighted by molar-refractivity contribution is 0.169. The third kappa shape index (κ3) is 3.78. The minimum absolute atomic E-state index is 0.307. The molecule has 2 heterocycles. The molecule has 122 valence electrons. The molecule has 5 nitrogen and oxygen atoms in total. The number of hydrogen-bond donors (Lipinski definition) is 1. The molecule has 0 radical (unpaired) electrons. The molecule has 0 aromatic heterocycles. The molecule has 0 bridgehead atoms. The van der Waals surface area contributed by atoms with Crippen molar-refractivity contribution in [2.75, 3.05) is 32.7 Å². The maximum atomic E-state index is 12.7. The van der Waals surface area contributed by atoms with Gasteiger partial charge in [0.1, 0.15) is 0 Å². The van der Waals surface area contributed by atoms with E-state index in [9.17, 15) is 8.42 Å². The van der Waals surface area contributed by atoms with Gasteiger partial charge >= 0.3 is 0 Å². The summed E-state index contributed by atoms with van der Waals surface area (Å²) in [7, 11) is -3.13. The SMILES string of the molecule is CC(CNC1CC1)S(=O)(=O)N1CCC(N2CCCCC2)C1. The van der Waals surface area contributed by atoms with Crippen molar-refractivity contribution >= 4 is 10.0 Å². The van der Waals surface area contributed by atoms with Crippen molar-refractivity contribution in [1.82, 2.24) is 14.5 Å². The van der Waals surface area contributed by atoms with E-state index in [1.165, 1.54) is 32.1 Å². The van der Waals surface area contributed by atoms with E-state index in [-0.39, 0.29) is 5.25 Å². The highest BCUT2D eigenvalue weighted by Gasteiger charge is 2.37. The third-order valence-electron chi connectivity index (χ3n) is 5.17. The quantitative estimate of drug-likeness (QED) is 0.795. The standard InChI is InChI=1S/C15H29N3O2S/c1-13(11-16-14-5-6-14)21(19,20)18-10-7-15(12-18)17-8-3-2-4-9-17/h13-16H,2-12H2,1H3. The summed E-state index contributed by atoms with van der Waals surface area (Å²) in [5.41, 5.74) is 0. The molecule has 1 N–H and O–H groups in total. The monoisotopic (exact) mass is 315 g/mol. The van der Waals surface area contributed by atoms with Crippen molar-refractivity contribution in [2.45, 2.75) is 62.8 Å². The minimum Gasteiger partial charge on any atom is -0.313 e. The topological polar surface area (TPSA) is 52.7 Å². The number of likely N-dealkylation sites (tertiary alicyclic amines) is 1. The molecule has 2 saturated heterocycles. The number of sulfonamides is 1. The molecular formula is C15H29N3O2S. The fraction of sp³-hybridized carbons (Fsp3) is 1.00. The van der Waals surface area contributed by atoms with Crippen LogP contribution in [0.25, 0.3) is 0 Å². The smallest absolute Gasteiger partial charge is 0.218 e. The minimum atomic E-state index is -3.13. The van der Waals surface area contributed by atoms with Crippen molar-refractivity contribution < 1.29 is 8.42 Å². The van der Waals surface area contributed by atoms with Crippen molar-refractivity contribution in [2.24, 2.45) is 0 Å². The van der Waals surface area contributed by atoms with Crippen LogP contribution in [0.5, 0.6) is 0 Å². The molecular weight excluding hydrogens is 286 g/mol. The zero-order chi connectivity index (χ0) is 14.9. The Balaban J connectivity index is 1.53. The van der Waals surface area contributed by atoms with Gasteiger partial charge in [-0.25, -0.2) is 12.7 Å². The summed E-state index contributed by atoms with van der Waals surface area (Å²) in [4.78, 5) is 2.51. The summed E-state index contributed by atoms with van der Waals surface area (Å²) in [6, 6.07) is 1.02. The van der Waals surface area contributed by atoms with Crippen LogP contribution in [-0.2, 0) is 10.0 Å². The van der Waals surface area contributed by atoms with E-state index in [1.807, 2.05) is 6.92 Å². The average Bonchev–Trinajstić information content (AvgIpc) is 3.18. The Kier molecular flexibility index (Phi) is 4.88. The van der Waals surface area contributed by atoms with E-state index in [2.05, 4.69) is 10.2 Å². The Hall–Kier alpha value is -0.170. The largest absolute Gasteiger partial charge is 0.313 e. The molecule has 21 heavy (non-hydrogen) atoms. The third-order valence-corrected chi connectivity index (χ3v) is 7.41. The lowest BCUT2D eigenvalue weighted by atomic mass is 10.1. The fourth-order valence-electron chi connectivity index (χ4n) is 3.50. The van der Waals surface area contributed by atoms with Gasteiger partial charge in [0.15, 0.2) is 0 Å². The molecule has 1 saturated carbocycles. The van der Waals surface area contributed by atoms with Gasteiger partial charge in [-0.2, -0.15) is 0 Å². The molecule has 1 aliphatic carbocycles. The van der Waals surface area contributed by atoms with Crippen LogP contribution in [0.15, 0.2) is 0 Å². The predicted molar refractivity (Wildman–Crippen MR) is 84.8 cm³/mol. The van der Waals surface area contributed by atoms with Gasteiger partial charge in [-0.3, -0.25) is 4.90 Å². The number of piperidine rings is 1. The van der Waals surface area contributed by atoms with E-state index >= 15 is 0 Å². The number of hydrogen-bond acceptors (Lipinski definition) is 4. The van der Waals surface area contributed by atoms with Crippen LogP contribution in [-0.4, -0.2) is 67.7 Å². The molecule has 2 aliphatic heterocycles. The molecule has 0 spiro atoms. The Morgan fingerprint density at radius 2 is 1.81 bits per heavy atom. The normalized spacial score (nSPS) is 30.6. The van der Waals surface area contributed by atoms with Gasteiger partial charge < -0.3 is 5.32 Å². The molecule has 6 heteroatoms. The van der Waals surface area contributed by atoms with Gasteiger partial charge in [0.25, 0.3) is 0 Å². The second-order valence-corrected chi connectivity index (χ2v) is 9.29. The van der Waals surface area contributed by atoms with Gasteiger partial charge in [0.05, 0.1) is 5.25 Å². The van der Waals surface area contributed by atoms with Crippen LogP contribution in [0.2, 0.25) is 0 Å². The first kappa shape index (κ1) is 15.7. The molecule has 3 aliphatic rings. The van der Waals surface area contributed by atoms with Crippen molar-refractivity contribution in [3.05, 3.63) is 0 Å². The Labute approximate surface area is 129 Å². The second kappa shape index (κ2) is 6.52. The van der Waals surface area contributed by atoms with Crippen LogP contribution in [0.4, 0.5) is 0 Å². The molecule has 0 aromatic carbocycles. The summed E-state index contributed by atoms with van der Waals surface area (Å²) >= 11 is 0. The van der Waals surface area contributed by atoms with Crippen LogP contribution in [0.1, 0.15) is 45.4 Å². The average molecular weight is 315 g/mol. The highest BCUT2D eigenvalue weighted by atomic mass is 32.2. The Morgan fingerprint density at radius 3 is 2.48 bits per heavy atom. The van der Waals surface area contributed by atoms with Crippen LogP contribution < -0.4 is 5.32 Å². The first-order valence-electron chi connectivity index (χ1n) is 8.54. The van der Waals surface area contributed by atoms with Crippen LogP contribution in [0.3, 0.4) is 0 Å². The maximum Gasteiger partial charge on any atom is 0.218 e. The summed E-state index contributed by atoms with van der Waals surface area (Å²) in [6.45, 7) is 6.15. The van der Waals surface area contributed by atoms with E-state index in [4.69, 9.17) is 0 Å². The molecule has 2 atom stereocenters. The summed E-state index contributed by atoms with van der Waals surface area (Å²) in [5.74, 6) is 0. The summed E-state index contributed by atoms with van der Waals surface area (Å²) < 4.78 is 27.1. The fourth-order valence-corrected chi connectivity index (χ4v) is 5.06. The van der Waals surface area contributed by atoms with Gasteiger partial charge in [-0.15, -0.1) is 0 Å². The highest BCUT2D eigenvalue weighted by Crippen LogP contribution is 2.24. The van der Waals surface area contributed by atoms with Gasteiger partial charge in [0.2, 0.25) is 10.0 Å². The van der Waals surface area contributed by atoms with Crippen molar-refractivity contribution in [3.8, 4) is 0 Å². The maximum absolute atomic E-state index is 12.7. The molecule has 0 aromatic rings. The zero-order valence-corrected chi connectivity index (χ0v) is 13.9. The lowest BCUT2D eigenvalue weighted by Crippen LogP contribution is -2.44. The first-order valence-corrected chi connectivity index (χ1v) is 10.0. The van der Waals surface area contributed by atoms with E-state index < -0.39 is 10.0 Å². The van der Waals surface area contributed by atoms with Crippen molar-refractivity contribution in [3.63, 3.8) is 0 Å². The molecule has 0 amide bonds. The number of rotatable bonds is 6. The predicted octanol–water partition coefficient (Wildman–Crippen LogP) is 1.02. The van der Waals surface area contributed by atoms with E-state index in [1.54, 1.807) is 4.31 Å².